The van der Waals surface area contributed by atoms with Crippen LogP contribution in [0.2, 0.25) is 0 Å². The van der Waals surface area contributed by atoms with Crippen molar-refractivity contribution in [3.05, 3.63) is 70.5 Å². The van der Waals surface area contributed by atoms with Crippen molar-refractivity contribution in [3.8, 4) is 0 Å². The molecule has 0 aliphatic heterocycles. The number of carbonyl (C=O) groups excluding carboxylic acids is 1. The van der Waals surface area contributed by atoms with Crippen molar-refractivity contribution in [2.45, 2.75) is 23.9 Å². The molecule has 4 nitrogen and oxygen atoms in total. The Morgan fingerprint density at radius 1 is 1.16 bits per heavy atom. The van der Waals surface area contributed by atoms with Gasteiger partial charge in [-0.25, -0.2) is 4.39 Å². The highest BCUT2D eigenvalue weighted by molar-refractivity contribution is 8.00. The fourth-order valence-corrected chi connectivity index (χ4v) is 3.97. The number of hydrogen-bond donors (Lipinski definition) is 1. The van der Waals surface area contributed by atoms with Gasteiger partial charge in [-0.3, -0.25) is 10.1 Å². The smallest absolute Gasteiger partial charge is 0.257 e. The molecule has 1 amide bonds. The Bertz CT molecular complexity index is 911. The molecule has 3 rings (SSSR count). The normalized spacial score (nSPS) is 10.7. The predicted molar refractivity (Wildman–Crippen MR) is 99.7 cm³/mol. The maximum atomic E-state index is 13.6. The summed E-state index contributed by atoms with van der Waals surface area (Å²) < 4.78 is 14.3. The van der Waals surface area contributed by atoms with E-state index >= 15 is 0 Å². The quantitative estimate of drug-likeness (QED) is 0.514. The molecule has 0 fully saturated rings. The van der Waals surface area contributed by atoms with Crippen LogP contribution in [-0.2, 0) is 5.75 Å². The standard InChI is InChI=1S/C18H16FN3OS2/c1-11-6-5-8-14(12(11)2)16(23)20-17-21-22-18(25-17)24-10-13-7-3-4-9-15(13)19/h3-9H,10H2,1-2H3,(H,20,21,23). The number of nitrogens with one attached hydrogen (secondary N) is 1. The summed E-state index contributed by atoms with van der Waals surface area (Å²) >= 11 is 2.67. The average Bonchev–Trinajstić information content (AvgIpc) is 3.04. The van der Waals surface area contributed by atoms with Crippen LogP contribution in [0.15, 0.2) is 46.8 Å². The molecule has 1 heterocycles. The molecule has 0 bridgehead atoms. The first-order chi connectivity index (χ1) is 12.0. The molecule has 1 aromatic heterocycles. The maximum Gasteiger partial charge on any atom is 0.257 e. The maximum absolute atomic E-state index is 13.6. The van der Waals surface area contributed by atoms with Crippen molar-refractivity contribution in [2.75, 3.05) is 5.32 Å². The molecule has 1 N–H and O–H groups in total. The first-order valence-corrected chi connectivity index (χ1v) is 9.42. The van der Waals surface area contributed by atoms with Gasteiger partial charge in [0.15, 0.2) is 4.34 Å². The monoisotopic (exact) mass is 373 g/mol. The molecule has 0 saturated carbocycles. The third kappa shape index (κ3) is 4.24. The molecule has 25 heavy (non-hydrogen) atoms. The van der Waals surface area contributed by atoms with E-state index in [0.717, 1.165) is 11.1 Å². The van der Waals surface area contributed by atoms with Crippen molar-refractivity contribution in [3.63, 3.8) is 0 Å². The van der Waals surface area contributed by atoms with Gasteiger partial charge >= 0.3 is 0 Å². The van der Waals surface area contributed by atoms with Crippen LogP contribution in [0.4, 0.5) is 9.52 Å². The zero-order chi connectivity index (χ0) is 17.8. The fourth-order valence-electron chi connectivity index (χ4n) is 2.24. The largest absolute Gasteiger partial charge is 0.296 e. The summed E-state index contributed by atoms with van der Waals surface area (Å²) in [5.74, 6) is 0.0256. The lowest BCUT2D eigenvalue weighted by Crippen LogP contribution is -2.13. The number of thioether (sulfide) groups is 1. The van der Waals surface area contributed by atoms with Gasteiger partial charge in [0.2, 0.25) is 5.13 Å². The number of anilines is 1. The van der Waals surface area contributed by atoms with E-state index in [1.54, 1.807) is 24.3 Å². The number of carbonyl (C=O) groups is 1. The number of benzene rings is 2. The van der Waals surface area contributed by atoms with E-state index in [9.17, 15) is 9.18 Å². The van der Waals surface area contributed by atoms with Crippen LogP contribution >= 0.6 is 23.1 Å². The minimum Gasteiger partial charge on any atom is -0.296 e. The van der Waals surface area contributed by atoms with Crippen molar-refractivity contribution >= 4 is 34.1 Å². The first-order valence-electron chi connectivity index (χ1n) is 7.62. The Balaban J connectivity index is 1.64. The minimum absolute atomic E-state index is 0.206. The van der Waals surface area contributed by atoms with Crippen molar-refractivity contribution in [1.82, 2.24) is 10.2 Å². The van der Waals surface area contributed by atoms with E-state index in [1.165, 1.54) is 29.2 Å². The number of nitrogens with zero attached hydrogens (tertiary/aromatic N) is 2. The number of aryl methyl sites for hydroxylation is 1. The number of hydrogen-bond acceptors (Lipinski definition) is 5. The van der Waals surface area contributed by atoms with Gasteiger partial charge in [0.25, 0.3) is 5.91 Å². The summed E-state index contributed by atoms with van der Waals surface area (Å²) in [6.07, 6.45) is 0. The second kappa shape index (κ2) is 7.76. The van der Waals surface area contributed by atoms with E-state index < -0.39 is 0 Å². The van der Waals surface area contributed by atoms with E-state index in [-0.39, 0.29) is 11.7 Å². The van der Waals surface area contributed by atoms with Gasteiger partial charge in [0.1, 0.15) is 5.82 Å². The van der Waals surface area contributed by atoms with Gasteiger partial charge in [-0.05, 0) is 42.7 Å². The molecule has 0 radical (unpaired) electrons. The van der Waals surface area contributed by atoms with E-state index in [1.807, 2.05) is 26.0 Å². The highest BCUT2D eigenvalue weighted by Crippen LogP contribution is 2.29. The van der Waals surface area contributed by atoms with Crippen LogP contribution in [-0.4, -0.2) is 16.1 Å². The molecule has 0 aliphatic rings. The topological polar surface area (TPSA) is 54.9 Å². The Labute approximate surface area is 153 Å². The Kier molecular flexibility index (Phi) is 5.45. The predicted octanol–water partition coefficient (Wildman–Crippen LogP) is 4.84. The lowest BCUT2D eigenvalue weighted by atomic mass is 10.0. The summed E-state index contributed by atoms with van der Waals surface area (Å²) in [6, 6.07) is 12.2. The summed E-state index contributed by atoms with van der Waals surface area (Å²) in [5, 5.41) is 11.2. The summed E-state index contributed by atoms with van der Waals surface area (Å²) in [6.45, 7) is 3.88. The highest BCUT2D eigenvalue weighted by Gasteiger charge is 2.13. The van der Waals surface area contributed by atoms with Gasteiger partial charge in [0, 0.05) is 11.3 Å². The number of aromatic nitrogens is 2. The Morgan fingerprint density at radius 3 is 2.76 bits per heavy atom. The molecular formula is C18H16FN3OS2. The number of halogens is 1. The number of amides is 1. The van der Waals surface area contributed by atoms with Gasteiger partial charge in [-0.2, -0.15) is 0 Å². The summed E-state index contributed by atoms with van der Waals surface area (Å²) in [7, 11) is 0. The molecule has 0 spiro atoms. The molecular weight excluding hydrogens is 357 g/mol. The SMILES string of the molecule is Cc1cccc(C(=O)Nc2nnc(SCc3ccccc3F)s2)c1C. The highest BCUT2D eigenvalue weighted by atomic mass is 32.2. The van der Waals surface area contributed by atoms with Gasteiger partial charge in [0.05, 0.1) is 0 Å². The molecule has 0 atom stereocenters. The summed E-state index contributed by atoms with van der Waals surface area (Å²) in [5.41, 5.74) is 3.24. The lowest BCUT2D eigenvalue weighted by Gasteiger charge is -2.07. The minimum atomic E-state index is -0.233. The van der Waals surface area contributed by atoms with Crippen LogP contribution < -0.4 is 5.32 Å². The van der Waals surface area contributed by atoms with Crippen LogP contribution in [0, 0.1) is 19.7 Å². The molecule has 0 unspecified atom stereocenters. The van der Waals surface area contributed by atoms with Gasteiger partial charge < -0.3 is 0 Å². The molecule has 128 valence electrons. The molecule has 0 saturated heterocycles. The lowest BCUT2D eigenvalue weighted by molar-refractivity contribution is 0.102. The van der Waals surface area contributed by atoms with E-state index in [2.05, 4.69) is 15.5 Å². The zero-order valence-corrected chi connectivity index (χ0v) is 15.4. The number of rotatable bonds is 5. The molecule has 2 aromatic carbocycles. The van der Waals surface area contributed by atoms with Gasteiger partial charge in [-0.15, -0.1) is 10.2 Å². The molecule has 3 aromatic rings. The van der Waals surface area contributed by atoms with Crippen LogP contribution in [0.5, 0.6) is 0 Å². The van der Waals surface area contributed by atoms with Crippen molar-refractivity contribution < 1.29 is 9.18 Å². The third-order valence-electron chi connectivity index (χ3n) is 3.79. The van der Waals surface area contributed by atoms with Crippen LogP contribution in [0.25, 0.3) is 0 Å². The third-order valence-corrected chi connectivity index (χ3v) is 5.81. The Morgan fingerprint density at radius 2 is 1.96 bits per heavy atom. The van der Waals surface area contributed by atoms with E-state index in [4.69, 9.17) is 0 Å². The van der Waals surface area contributed by atoms with Crippen molar-refractivity contribution in [2.24, 2.45) is 0 Å². The fraction of sp³-hybridized carbons (Fsp3) is 0.167. The first kappa shape index (κ1) is 17.6. The molecule has 7 heteroatoms. The van der Waals surface area contributed by atoms with E-state index in [0.29, 0.717) is 26.4 Å². The van der Waals surface area contributed by atoms with Crippen molar-refractivity contribution in [1.29, 1.82) is 0 Å². The Hall–Kier alpha value is -2.25. The molecule has 0 aliphatic carbocycles. The van der Waals surface area contributed by atoms with Gasteiger partial charge in [-0.1, -0.05) is 53.4 Å². The summed E-state index contributed by atoms with van der Waals surface area (Å²) in [4.78, 5) is 12.4. The average molecular weight is 373 g/mol. The zero-order valence-electron chi connectivity index (χ0n) is 13.7. The van der Waals surface area contributed by atoms with Crippen LogP contribution in [0.3, 0.4) is 0 Å². The second-order valence-electron chi connectivity index (χ2n) is 5.45. The van der Waals surface area contributed by atoms with Crippen LogP contribution in [0.1, 0.15) is 27.0 Å². The second-order valence-corrected chi connectivity index (χ2v) is 7.65.